The molecular weight excluding hydrogens is 322 g/mol. The smallest absolute Gasteiger partial charge is 0.168 e. The Morgan fingerprint density at radius 1 is 1.23 bits per heavy atom. The van der Waals surface area contributed by atoms with Crippen molar-refractivity contribution in [1.29, 1.82) is 0 Å². The average Bonchev–Trinajstić information content (AvgIpc) is 3.00. The van der Waals surface area contributed by atoms with E-state index in [1.54, 1.807) is 6.20 Å². The summed E-state index contributed by atoms with van der Waals surface area (Å²) in [6.45, 7) is 5.24. The number of fused-ring (bicyclic) bond motifs is 2. The van der Waals surface area contributed by atoms with Crippen molar-refractivity contribution < 1.29 is 4.79 Å². The monoisotopic (exact) mass is 349 g/mol. The van der Waals surface area contributed by atoms with E-state index in [9.17, 15) is 4.79 Å². The number of imidazole rings is 1. The van der Waals surface area contributed by atoms with Crippen molar-refractivity contribution in [2.45, 2.75) is 45.1 Å². The Hall–Kier alpha value is -2.20. The quantitative estimate of drug-likeness (QED) is 0.782. The van der Waals surface area contributed by atoms with Crippen LogP contribution in [0, 0.1) is 0 Å². The molecule has 1 atom stereocenters. The van der Waals surface area contributed by atoms with Crippen LogP contribution in [-0.4, -0.2) is 40.9 Å². The molecule has 3 heterocycles. The molecule has 0 amide bonds. The van der Waals surface area contributed by atoms with Gasteiger partial charge in [0.25, 0.3) is 0 Å². The van der Waals surface area contributed by atoms with E-state index in [0.717, 1.165) is 57.4 Å². The van der Waals surface area contributed by atoms with Crippen molar-refractivity contribution in [1.82, 2.24) is 14.5 Å². The Bertz CT molecular complexity index is 839. The molecule has 1 saturated heterocycles. The molecule has 0 saturated carbocycles. The van der Waals surface area contributed by atoms with E-state index in [-0.39, 0.29) is 0 Å². The van der Waals surface area contributed by atoms with Gasteiger partial charge in [-0.1, -0.05) is 43.2 Å². The summed E-state index contributed by atoms with van der Waals surface area (Å²) in [7, 11) is 2.19. The number of carbonyl (C=O) groups excluding carboxylic acids is 1. The third-order valence-corrected chi connectivity index (χ3v) is 5.89. The molecule has 4 nitrogen and oxygen atoms in total. The number of benzene rings is 1. The summed E-state index contributed by atoms with van der Waals surface area (Å²) < 4.78 is 2.16. The zero-order valence-electron chi connectivity index (χ0n) is 15.7. The van der Waals surface area contributed by atoms with Crippen LogP contribution in [0.25, 0.3) is 5.57 Å². The number of hydrogen-bond donors (Lipinski definition) is 0. The van der Waals surface area contributed by atoms with Crippen molar-refractivity contribution in [3.63, 3.8) is 0 Å². The van der Waals surface area contributed by atoms with Crippen LogP contribution in [0.4, 0.5) is 0 Å². The summed E-state index contributed by atoms with van der Waals surface area (Å²) >= 11 is 0. The number of aromatic nitrogens is 2. The van der Waals surface area contributed by atoms with Crippen LogP contribution < -0.4 is 0 Å². The number of aldehydes is 1. The molecule has 0 N–H and O–H groups in total. The summed E-state index contributed by atoms with van der Waals surface area (Å²) in [5, 5.41) is 0. The van der Waals surface area contributed by atoms with Crippen LogP contribution >= 0.6 is 0 Å². The first kappa shape index (κ1) is 17.2. The third kappa shape index (κ3) is 2.92. The van der Waals surface area contributed by atoms with Gasteiger partial charge in [0.1, 0.15) is 11.5 Å². The lowest BCUT2D eigenvalue weighted by molar-refractivity contribution is 0.111. The van der Waals surface area contributed by atoms with Crippen molar-refractivity contribution in [3.8, 4) is 0 Å². The van der Waals surface area contributed by atoms with Crippen LogP contribution in [0.1, 0.15) is 66.0 Å². The summed E-state index contributed by atoms with van der Waals surface area (Å²) in [6.07, 6.45) is 7.10. The maximum absolute atomic E-state index is 11.6. The molecule has 1 unspecified atom stereocenters. The highest BCUT2D eigenvalue weighted by Gasteiger charge is 2.29. The Balaban J connectivity index is 1.95. The van der Waals surface area contributed by atoms with Gasteiger partial charge in [-0.15, -0.1) is 0 Å². The van der Waals surface area contributed by atoms with Crippen LogP contribution in [0.15, 0.2) is 36.0 Å². The van der Waals surface area contributed by atoms with E-state index < -0.39 is 0 Å². The highest BCUT2D eigenvalue weighted by atomic mass is 16.1. The van der Waals surface area contributed by atoms with E-state index >= 15 is 0 Å². The van der Waals surface area contributed by atoms with Gasteiger partial charge >= 0.3 is 0 Å². The Labute approximate surface area is 155 Å². The first-order valence-electron chi connectivity index (χ1n) is 9.73. The first-order valence-corrected chi connectivity index (χ1v) is 9.73. The van der Waals surface area contributed by atoms with Gasteiger partial charge < -0.3 is 9.47 Å². The van der Waals surface area contributed by atoms with Gasteiger partial charge in [-0.3, -0.25) is 4.79 Å². The largest absolute Gasteiger partial charge is 0.321 e. The summed E-state index contributed by atoms with van der Waals surface area (Å²) in [4.78, 5) is 18.7. The van der Waals surface area contributed by atoms with Gasteiger partial charge in [-0.05, 0) is 37.4 Å². The highest BCUT2D eigenvalue weighted by molar-refractivity contribution is 5.84. The Morgan fingerprint density at radius 2 is 2.00 bits per heavy atom. The molecule has 2 aliphatic rings. The standard InChI is InChI=1S/C22H27N3O/c1-3-6-17-14-25-18(15-26)13-23-22(25)21(16-9-11-24(2)12-10-16)20-8-5-4-7-19(17)20/h4-5,7-8,13,15,17H,3,6,9-12,14H2,1-2H3. The normalized spacial score (nSPS) is 20.5. The van der Waals surface area contributed by atoms with Gasteiger partial charge in [0.2, 0.25) is 0 Å². The van der Waals surface area contributed by atoms with Crippen LogP contribution in [-0.2, 0) is 6.54 Å². The van der Waals surface area contributed by atoms with Gasteiger partial charge in [-0.25, -0.2) is 4.98 Å². The van der Waals surface area contributed by atoms with Crippen molar-refractivity contribution in [2.75, 3.05) is 20.1 Å². The summed E-state index contributed by atoms with van der Waals surface area (Å²) in [5.41, 5.74) is 6.20. The lowest BCUT2D eigenvalue weighted by atomic mass is 9.85. The minimum atomic E-state index is 0.423. The maximum atomic E-state index is 11.6. The predicted molar refractivity (Wildman–Crippen MR) is 104 cm³/mol. The van der Waals surface area contributed by atoms with E-state index in [1.807, 2.05) is 0 Å². The van der Waals surface area contributed by atoms with Crippen LogP contribution in [0.2, 0.25) is 0 Å². The number of carbonyl (C=O) groups is 1. The molecule has 0 radical (unpaired) electrons. The molecule has 26 heavy (non-hydrogen) atoms. The highest BCUT2D eigenvalue weighted by Crippen LogP contribution is 2.40. The zero-order chi connectivity index (χ0) is 18.1. The zero-order valence-corrected chi connectivity index (χ0v) is 15.7. The molecular formula is C22H27N3O. The summed E-state index contributed by atoms with van der Waals surface area (Å²) in [5.74, 6) is 1.41. The molecule has 0 bridgehead atoms. The number of piperidine rings is 1. The lowest BCUT2D eigenvalue weighted by Crippen LogP contribution is -2.27. The SMILES string of the molecule is CCCC1Cn2c(C=O)cnc2C(=C2CCN(C)CC2)c2ccccc21. The Kier molecular flexibility index (Phi) is 4.77. The van der Waals surface area contributed by atoms with Gasteiger partial charge in [0, 0.05) is 31.1 Å². The molecule has 136 valence electrons. The summed E-state index contributed by atoms with van der Waals surface area (Å²) in [6, 6.07) is 8.81. The molecule has 2 aliphatic heterocycles. The molecule has 1 fully saturated rings. The molecule has 0 aliphatic carbocycles. The maximum Gasteiger partial charge on any atom is 0.168 e. The average molecular weight is 349 g/mol. The molecule has 2 aromatic rings. The van der Waals surface area contributed by atoms with Gasteiger partial charge in [-0.2, -0.15) is 0 Å². The van der Waals surface area contributed by atoms with Crippen molar-refractivity contribution in [2.24, 2.45) is 0 Å². The van der Waals surface area contributed by atoms with E-state index in [1.165, 1.54) is 22.3 Å². The van der Waals surface area contributed by atoms with E-state index in [4.69, 9.17) is 4.98 Å². The van der Waals surface area contributed by atoms with Gasteiger partial charge in [0.15, 0.2) is 6.29 Å². The molecule has 4 heteroatoms. The second-order valence-electron chi connectivity index (χ2n) is 7.59. The van der Waals surface area contributed by atoms with Crippen LogP contribution in [0.3, 0.4) is 0 Å². The third-order valence-electron chi connectivity index (χ3n) is 5.89. The van der Waals surface area contributed by atoms with E-state index in [0.29, 0.717) is 11.6 Å². The van der Waals surface area contributed by atoms with E-state index in [2.05, 4.69) is 47.7 Å². The predicted octanol–water partition coefficient (Wildman–Crippen LogP) is 4.12. The minimum absolute atomic E-state index is 0.423. The fraction of sp³-hybridized carbons (Fsp3) is 0.455. The topological polar surface area (TPSA) is 38.1 Å². The fourth-order valence-electron chi connectivity index (χ4n) is 4.48. The van der Waals surface area contributed by atoms with Crippen molar-refractivity contribution >= 4 is 11.9 Å². The Morgan fingerprint density at radius 3 is 2.73 bits per heavy atom. The second kappa shape index (κ2) is 7.20. The minimum Gasteiger partial charge on any atom is -0.321 e. The molecule has 0 spiro atoms. The molecule has 1 aromatic carbocycles. The number of likely N-dealkylation sites (tertiary alicyclic amines) is 1. The van der Waals surface area contributed by atoms with Crippen LogP contribution in [0.5, 0.6) is 0 Å². The lowest BCUT2D eigenvalue weighted by Gasteiger charge is -2.26. The number of hydrogen-bond acceptors (Lipinski definition) is 3. The molecule has 1 aromatic heterocycles. The number of nitrogens with zero attached hydrogens (tertiary/aromatic N) is 3. The van der Waals surface area contributed by atoms with Gasteiger partial charge in [0.05, 0.1) is 6.20 Å². The van der Waals surface area contributed by atoms with Crippen molar-refractivity contribution in [3.05, 3.63) is 58.7 Å². The molecule has 4 rings (SSSR count). The first-order chi connectivity index (χ1) is 12.7. The number of rotatable bonds is 3. The second-order valence-corrected chi connectivity index (χ2v) is 7.59. The fourth-order valence-corrected chi connectivity index (χ4v) is 4.48.